The number of likely N-dealkylation sites (N-methyl/N-ethyl adjacent to an activating group) is 1. The number of carbonyl (C=O) groups excluding carboxylic acids is 4. The standard InChI is InChI=1S/C38H48N2O6/c1-3-39(21-9-15-31(41)25-11-5-6-12-25)27-17-19-29(33(43)23-27)35-37(45)36(38(35)46)30-20-18-28(24-34(30)44)40(4-2)22-10-16-32(42)26-13-7-8-14-26/h17-20,23-26,43,45H,3-16,21-22H2,1-2H3/b36-30+. The number of phenols is 1. The van der Waals surface area contributed by atoms with Crippen LogP contribution in [0.4, 0.5) is 5.69 Å². The summed E-state index contributed by atoms with van der Waals surface area (Å²) < 4.78 is 0. The molecule has 0 radical (unpaired) electrons. The zero-order chi connectivity index (χ0) is 32.8. The first-order valence-electron chi connectivity index (χ1n) is 17.3. The molecule has 2 fully saturated rings. The van der Waals surface area contributed by atoms with Crippen LogP contribution in [0.2, 0.25) is 0 Å². The number of aliphatic hydroxyl groups excluding tert-OH is 1. The van der Waals surface area contributed by atoms with Gasteiger partial charge in [-0.25, -0.2) is 0 Å². The molecule has 0 heterocycles. The third-order valence-corrected chi connectivity index (χ3v) is 10.2. The highest BCUT2D eigenvalue weighted by molar-refractivity contribution is 6.41. The number of hydrogen-bond donors (Lipinski definition) is 2. The average molecular weight is 629 g/mol. The summed E-state index contributed by atoms with van der Waals surface area (Å²) in [6, 6.07) is 5.00. The molecular formula is C38H48N2O6. The summed E-state index contributed by atoms with van der Waals surface area (Å²) in [5.74, 6) is -0.148. The van der Waals surface area contributed by atoms with Crippen LogP contribution in [0.25, 0.3) is 5.57 Å². The van der Waals surface area contributed by atoms with Crippen LogP contribution in [0.1, 0.15) is 96.5 Å². The first kappa shape index (κ1) is 33.4. The average Bonchev–Trinajstić information content (AvgIpc) is 3.79. The lowest BCUT2D eigenvalue weighted by Crippen LogP contribution is -2.28. The Balaban J connectivity index is 1.21. The van der Waals surface area contributed by atoms with Crippen LogP contribution in [0.5, 0.6) is 5.75 Å². The molecule has 0 aromatic heterocycles. The van der Waals surface area contributed by atoms with Crippen molar-refractivity contribution in [2.45, 2.75) is 90.9 Å². The molecule has 1 aromatic carbocycles. The van der Waals surface area contributed by atoms with E-state index >= 15 is 0 Å². The van der Waals surface area contributed by atoms with E-state index in [1.165, 1.54) is 6.08 Å². The van der Waals surface area contributed by atoms with Gasteiger partial charge in [0.1, 0.15) is 23.1 Å². The number of aromatic hydroxyl groups is 1. The Labute approximate surface area is 272 Å². The summed E-state index contributed by atoms with van der Waals surface area (Å²) in [6.07, 6.45) is 16.0. The zero-order valence-electron chi connectivity index (χ0n) is 27.4. The predicted molar refractivity (Wildman–Crippen MR) is 179 cm³/mol. The maximum Gasteiger partial charge on any atom is 0.202 e. The lowest BCUT2D eigenvalue weighted by Gasteiger charge is -2.28. The van der Waals surface area contributed by atoms with Gasteiger partial charge in [-0.1, -0.05) is 25.7 Å². The molecule has 4 aliphatic rings. The van der Waals surface area contributed by atoms with Crippen LogP contribution < -0.4 is 4.90 Å². The van der Waals surface area contributed by atoms with Crippen molar-refractivity contribution < 1.29 is 29.4 Å². The van der Waals surface area contributed by atoms with Crippen LogP contribution in [-0.4, -0.2) is 64.4 Å². The van der Waals surface area contributed by atoms with Gasteiger partial charge in [0, 0.05) is 85.5 Å². The molecule has 4 aliphatic carbocycles. The highest BCUT2D eigenvalue weighted by Crippen LogP contribution is 2.43. The summed E-state index contributed by atoms with van der Waals surface area (Å²) in [5.41, 5.74) is 1.79. The summed E-state index contributed by atoms with van der Waals surface area (Å²) >= 11 is 0. The lowest BCUT2D eigenvalue weighted by atomic mass is 9.79. The topological polar surface area (TPSA) is 115 Å². The number of anilines is 1. The van der Waals surface area contributed by atoms with Crippen molar-refractivity contribution >= 4 is 34.4 Å². The number of nitrogens with zero attached hydrogens (tertiary/aromatic N) is 2. The predicted octanol–water partition coefficient (Wildman–Crippen LogP) is 6.79. The fourth-order valence-corrected chi connectivity index (χ4v) is 7.48. The summed E-state index contributed by atoms with van der Waals surface area (Å²) in [5, 5.41) is 21.8. The van der Waals surface area contributed by atoms with E-state index in [-0.39, 0.29) is 51.4 Å². The second-order valence-corrected chi connectivity index (χ2v) is 13.1. The van der Waals surface area contributed by atoms with Gasteiger partial charge >= 0.3 is 0 Å². The fraction of sp³-hybridized carbons (Fsp3) is 0.526. The minimum absolute atomic E-state index is 0.00477. The number of hydrogen-bond acceptors (Lipinski definition) is 8. The van der Waals surface area contributed by atoms with Crippen LogP contribution in [0.3, 0.4) is 0 Å². The molecule has 46 heavy (non-hydrogen) atoms. The van der Waals surface area contributed by atoms with Crippen molar-refractivity contribution in [1.29, 1.82) is 0 Å². The highest BCUT2D eigenvalue weighted by Gasteiger charge is 2.39. The Morgan fingerprint density at radius 1 is 0.783 bits per heavy atom. The molecule has 246 valence electrons. The van der Waals surface area contributed by atoms with Gasteiger partial charge in [0.15, 0.2) is 5.78 Å². The second kappa shape index (κ2) is 15.1. The molecule has 2 saturated carbocycles. The number of benzene rings is 1. The molecule has 0 saturated heterocycles. The van der Waals surface area contributed by atoms with E-state index in [0.717, 1.165) is 75.6 Å². The number of aliphatic hydroxyl groups is 1. The monoisotopic (exact) mass is 628 g/mol. The molecule has 8 heteroatoms. The largest absolute Gasteiger partial charge is 0.507 e. The van der Waals surface area contributed by atoms with Gasteiger partial charge < -0.3 is 20.0 Å². The van der Waals surface area contributed by atoms with Gasteiger partial charge in [-0.3, -0.25) is 19.2 Å². The van der Waals surface area contributed by atoms with Gasteiger partial charge in [0.05, 0.1) is 11.1 Å². The van der Waals surface area contributed by atoms with Gasteiger partial charge in [-0.05, 0) is 76.7 Å². The molecule has 0 spiro atoms. The van der Waals surface area contributed by atoms with E-state index in [9.17, 15) is 29.4 Å². The molecular weight excluding hydrogens is 580 g/mol. The van der Waals surface area contributed by atoms with E-state index in [2.05, 4.69) is 4.90 Å². The molecule has 8 nitrogen and oxygen atoms in total. The molecule has 1 aromatic rings. The number of rotatable bonds is 15. The smallest absolute Gasteiger partial charge is 0.202 e. The second-order valence-electron chi connectivity index (χ2n) is 13.1. The Bertz CT molecular complexity index is 1490. The summed E-state index contributed by atoms with van der Waals surface area (Å²) in [4.78, 5) is 55.5. The zero-order valence-corrected chi connectivity index (χ0v) is 27.4. The van der Waals surface area contributed by atoms with E-state index in [1.54, 1.807) is 30.4 Å². The van der Waals surface area contributed by atoms with Gasteiger partial charge in [0.25, 0.3) is 0 Å². The summed E-state index contributed by atoms with van der Waals surface area (Å²) in [7, 11) is 0. The first-order valence-corrected chi connectivity index (χ1v) is 17.3. The van der Waals surface area contributed by atoms with Crippen molar-refractivity contribution in [1.82, 2.24) is 4.90 Å². The number of Topliss-reactive ketones (excluding diaryl/α,β-unsaturated/α-hetero) is 3. The Kier molecular flexibility index (Phi) is 11.0. The summed E-state index contributed by atoms with van der Waals surface area (Å²) in [6.45, 7) is 6.70. The van der Waals surface area contributed by atoms with Crippen LogP contribution >= 0.6 is 0 Å². The number of allylic oxidation sites excluding steroid dienone is 6. The van der Waals surface area contributed by atoms with E-state index in [1.807, 2.05) is 18.7 Å². The molecule has 2 N–H and O–H groups in total. The molecule has 0 amide bonds. The van der Waals surface area contributed by atoms with E-state index < -0.39 is 5.78 Å². The van der Waals surface area contributed by atoms with Crippen molar-refractivity contribution in [2.24, 2.45) is 11.8 Å². The van der Waals surface area contributed by atoms with Crippen molar-refractivity contribution in [3.63, 3.8) is 0 Å². The Morgan fingerprint density at radius 2 is 1.35 bits per heavy atom. The van der Waals surface area contributed by atoms with Crippen molar-refractivity contribution in [3.8, 4) is 5.75 Å². The quantitative estimate of drug-likeness (QED) is 0.204. The van der Waals surface area contributed by atoms with Gasteiger partial charge in [0.2, 0.25) is 5.78 Å². The van der Waals surface area contributed by atoms with Crippen molar-refractivity contribution in [3.05, 3.63) is 64.6 Å². The van der Waals surface area contributed by atoms with Crippen LogP contribution in [0, 0.1) is 11.8 Å². The molecule has 0 bridgehead atoms. The third-order valence-electron chi connectivity index (χ3n) is 10.2. The van der Waals surface area contributed by atoms with E-state index in [0.29, 0.717) is 50.6 Å². The minimum atomic E-state index is -0.485. The Morgan fingerprint density at radius 3 is 1.85 bits per heavy atom. The lowest BCUT2D eigenvalue weighted by molar-refractivity contribution is -0.123. The SMILES string of the molecule is CCN(CCCC(=O)C1CCCC1)C1=CC(=O)/C(=C2/C(=O)C(c3ccc(N(CC)CCCC(=O)C4CCCC4)cc3O)=C2O)C=C1. The highest BCUT2D eigenvalue weighted by atomic mass is 16.3. The number of ketones is 4. The maximum atomic E-state index is 13.3. The van der Waals surface area contributed by atoms with Crippen LogP contribution in [-0.2, 0) is 19.2 Å². The Hall–Kier alpha value is -3.94. The van der Waals surface area contributed by atoms with Crippen molar-refractivity contribution in [2.75, 3.05) is 31.1 Å². The van der Waals surface area contributed by atoms with Crippen LogP contribution in [0.15, 0.2) is 59.0 Å². The van der Waals surface area contributed by atoms with E-state index in [4.69, 9.17) is 0 Å². The number of phenolic OH excluding ortho intramolecular Hbond substituents is 1. The minimum Gasteiger partial charge on any atom is -0.507 e. The maximum absolute atomic E-state index is 13.3. The molecule has 0 unspecified atom stereocenters. The molecule has 0 aliphatic heterocycles. The first-order chi connectivity index (χ1) is 22.2. The molecule has 0 atom stereocenters. The van der Waals surface area contributed by atoms with Gasteiger partial charge in [-0.15, -0.1) is 0 Å². The number of carbonyl (C=O) groups is 4. The fourth-order valence-electron chi connectivity index (χ4n) is 7.48. The molecule has 5 rings (SSSR count). The van der Waals surface area contributed by atoms with Gasteiger partial charge in [-0.2, -0.15) is 0 Å². The third kappa shape index (κ3) is 7.21. The normalized spacial score (nSPS) is 20.3.